The normalized spacial score (nSPS) is 17.7. The number of benzene rings is 1. The van der Waals surface area contributed by atoms with Gasteiger partial charge in [0.1, 0.15) is 0 Å². The molecule has 1 atom stereocenters. The Morgan fingerprint density at radius 3 is 2.42 bits per heavy atom. The molecule has 5 heteroatoms. The highest BCUT2D eigenvalue weighted by Crippen LogP contribution is 2.37. The molecule has 4 nitrogen and oxygen atoms in total. The van der Waals surface area contributed by atoms with Gasteiger partial charge in [0.2, 0.25) is 10.0 Å². The van der Waals surface area contributed by atoms with Gasteiger partial charge in [0, 0.05) is 18.8 Å². The Labute approximate surface area is 115 Å². The Bertz CT molecular complexity index is 592. The van der Waals surface area contributed by atoms with Crippen LogP contribution in [0.15, 0.2) is 17.0 Å². The van der Waals surface area contributed by atoms with E-state index in [0.717, 1.165) is 24.0 Å². The Morgan fingerprint density at radius 1 is 1.32 bits per heavy atom. The summed E-state index contributed by atoms with van der Waals surface area (Å²) >= 11 is 0. The summed E-state index contributed by atoms with van der Waals surface area (Å²) in [5.41, 5.74) is 7.97. The Balaban J connectivity index is 2.44. The number of sulfonamides is 1. The molecule has 1 fully saturated rings. The highest BCUT2D eigenvalue weighted by atomic mass is 32.2. The number of nitrogen functional groups attached to an aromatic ring is 1. The second-order valence-corrected chi connectivity index (χ2v) is 7.53. The maximum absolute atomic E-state index is 12.7. The Morgan fingerprint density at radius 2 is 1.89 bits per heavy atom. The first kappa shape index (κ1) is 14.3. The fourth-order valence-electron chi connectivity index (χ4n) is 2.37. The Kier molecular flexibility index (Phi) is 3.62. The van der Waals surface area contributed by atoms with Crippen LogP contribution < -0.4 is 5.73 Å². The van der Waals surface area contributed by atoms with Gasteiger partial charge < -0.3 is 5.73 Å². The van der Waals surface area contributed by atoms with Crippen LogP contribution in [0.3, 0.4) is 0 Å². The number of nitrogens with two attached hydrogens (primary N) is 1. The molecule has 19 heavy (non-hydrogen) atoms. The summed E-state index contributed by atoms with van der Waals surface area (Å²) in [6, 6.07) is 3.41. The third kappa shape index (κ3) is 2.62. The highest BCUT2D eigenvalue weighted by molar-refractivity contribution is 7.89. The molecule has 2 N–H and O–H groups in total. The quantitative estimate of drug-likeness (QED) is 0.862. The second kappa shape index (κ2) is 4.80. The zero-order valence-electron chi connectivity index (χ0n) is 12.0. The number of hydrogen-bond acceptors (Lipinski definition) is 3. The van der Waals surface area contributed by atoms with Gasteiger partial charge in [-0.05, 0) is 62.8 Å². The SMILES string of the molecule is Cc1cc(N)cc(S(=O)(=O)N(C)C(C)C2CC2)c1C. The molecule has 0 spiro atoms. The third-order valence-electron chi connectivity index (χ3n) is 4.18. The monoisotopic (exact) mass is 282 g/mol. The average molecular weight is 282 g/mol. The molecule has 1 aromatic rings. The van der Waals surface area contributed by atoms with E-state index in [9.17, 15) is 8.42 Å². The van der Waals surface area contributed by atoms with Gasteiger partial charge in [-0.1, -0.05) is 0 Å². The summed E-state index contributed by atoms with van der Waals surface area (Å²) in [4.78, 5) is 0.333. The van der Waals surface area contributed by atoms with Crippen molar-refractivity contribution in [1.29, 1.82) is 0 Å². The fourth-order valence-corrected chi connectivity index (χ4v) is 4.12. The minimum Gasteiger partial charge on any atom is -0.399 e. The smallest absolute Gasteiger partial charge is 0.243 e. The molecule has 0 aromatic heterocycles. The summed E-state index contributed by atoms with van der Waals surface area (Å²) in [6.07, 6.45) is 2.24. The minimum absolute atomic E-state index is 0.0473. The first-order chi connectivity index (χ1) is 8.75. The zero-order valence-corrected chi connectivity index (χ0v) is 12.8. The van der Waals surface area contributed by atoms with E-state index in [1.807, 2.05) is 20.8 Å². The molecule has 1 aromatic carbocycles. The third-order valence-corrected chi connectivity index (χ3v) is 6.25. The van der Waals surface area contributed by atoms with E-state index in [4.69, 9.17) is 5.73 Å². The molecule has 0 aliphatic heterocycles. The van der Waals surface area contributed by atoms with Crippen molar-refractivity contribution in [2.45, 2.75) is 44.6 Å². The number of anilines is 1. The minimum atomic E-state index is -3.47. The van der Waals surface area contributed by atoms with Crippen LogP contribution in [0.2, 0.25) is 0 Å². The van der Waals surface area contributed by atoms with Gasteiger partial charge in [-0.3, -0.25) is 0 Å². The highest BCUT2D eigenvalue weighted by Gasteiger charge is 2.36. The molecule has 1 aliphatic rings. The van der Waals surface area contributed by atoms with Gasteiger partial charge in [-0.2, -0.15) is 4.31 Å². The molecular weight excluding hydrogens is 260 g/mol. The summed E-state index contributed by atoms with van der Waals surface area (Å²) in [7, 11) is -1.80. The summed E-state index contributed by atoms with van der Waals surface area (Å²) in [5.74, 6) is 0.502. The summed E-state index contributed by atoms with van der Waals surface area (Å²) < 4.78 is 26.9. The molecule has 0 bridgehead atoms. The molecule has 0 amide bonds. The van der Waals surface area contributed by atoms with Gasteiger partial charge in [0.05, 0.1) is 4.90 Å². The van der Waals surface area contributed by atoms with Crippen molar-refractivity contribution in [2.24, 2.45) is 5.92 Å². The van der Waals surface area contributed by atoms with Crippen molar-refractivity contribution >= 4 is 15.7 Å². The van der Waals surface area contributed by atoms with Crippen LogP contribution in [0.25, 0.3) is 0 Å². The van der Waals surface area contributed by atoms with Gasteiger partial charge in [0.25, 0.3) is 0 Å². The van der Waals surface area contributed by atoms with Crippen molar-refractivity contribution in [3.8, 4) is 0 Å². The van der Waals surface area contributed by atoms with Crippen LogP contribution >= 0.6 is 0 Å². The van der Waals surface area contributed by atoms with E-state index in [-0.39, 0.29) is 6.04 Å². The van der Waals surface area contributed by atoms with Crippen molar-refractivity contribution in [3.63, 3.8) is 0 Å². The van der Waals surface area contributed by atoms with E-state index in [1.165, 1.54) is 4.31 Å². The Hall–Kier alpha value is -1.07. The second-order valence-electron chi connectivity index (χ2n) is 5.56. The maximum atomic E-state index is 12.7. The molecule has 106 valence electrons. The predicted molar refractivity (Wildman–Crippen MR) is 77.5 cm³/mol. The lowest BCUT2D eigenvalue weighted by atomic mass is 10.1. The lowest BCUT2D eigenvalue weighted by Gasteiger charge is -2.25. The van der Waals surface area contributed by atoms with E-state index in [1.54, 1.807) is 19.2 Å². The van der Waals surface area contributed by atoms with Crippen LogP contribution in [-0.2, 0) is 10.0 Å². The molecule has 1 aliphatic carbocycles. The van der Waals surface area contributed by atoms with Gasteiger partial charge in [-0.15, -0.1) is 0 Å². The predicted octanol–water partition coefficient (Wildman–Crippen LogP) is 2.30. The molecule has 0 heterocycles. The van der Waals surface area contributed by atoms with Gasteiger partial charge >= 0.3 is 0 Å². The first-order valence-corrected chi connectivity index (χ1v) is 8.04. The summed E-state index contributed by atoms with van der Waals surface area (Å²) in [6.45, 7) is 5.69. The largest absolute Gasteiger partial charge is 0.399 e. The standard InChI is InChI=1S/C14H22N2O2S/c1-9-7-13(15)8-14(10(9)2)19(17,18)16(4)11(3)12-5-6-12/h7-8,11-12H,5-6,15H2,1-4H3. The maximum Gasteiger partial charge on any atom is 0.243 e. The van der Waals surface area contributed by atoms with E-state index >= 15 is 0 Å². The summed E-state index contributed by atoms with van der Waals surface area (Å²) in [5, 5.41) is 0. The zero-order chi connectivity index (χ0) is 14.4. The number of aryl methyl sites for hydroxylation is 1. The fraction of sp³-hybridized carbons (Fsp3) is 0.571. The molecule has 2 rings (SSSR count). The molecule has 1 unspecified atom stereocenters. The van der Waals surface area contributed by atoms with Gasteiger partial charge in [0.15, 0.2) is 0 Å². The van der Waals surface area contributed by atoms with Crippen LogP contribution in [0.4, 0.5) is 5.69 Å². The average Bonchev–Trinajstić information content (AvgIpc) is 3.15. The van der Waals surface area contributed by atoms with Crippen molar-refractivity contribution in [1.82, 2.24) is 4.31 Å². The number of rotatable bonds is 4. The van der Waals surface area contributed by atoms with Crippen LogP contribution in [-0.4, -0.2) is 25.8 Å². The number of hydrogen-bond donors (Lipinski definition) is 1. The molecular formula is C14H22N2O2S. The van der Waals surface area contributed by atoms with Crippen LogP contribution in [0, 0.1) is 19.8 Å². The molecule has 0 saturated heterocycles. The van der Waals surface area contributed by atoms with Crippen LogP contribution in [0.5, 0.6) is 0 Å². The van der Waals surface area contributed by atoms with Crippen molar-refractivity contribution < 1.29 is 8.42 Å². The first-order valence-electron chi connectivity index (χ1n) is 6.60. The van der Waals surface area contributed by atoms with Crippen molar-refractivity contribution in [3.05, 3.63) is 23.3 Å². The van der Waals surface area contributed by atoms with Crippen molar-refractivity contribution in [2.75, 3.05) is 12.8 Å². The number of nitrogens with zero attached hydrogens (tertiary/aromatic N) is 1. The van der Waals surface area contributed by atoms with E-state index < -0.39 is 10.0 Å². The molecule has 0 radical (unpaired) electrons. The lowest BCUT2D eigenvalue weighted by Crippen LogP contribution is -2.36. The van der Waals surface area contributed by atoms with Gasteiger partial charge in [-0.25, -0.2) is 8.42 Å². The van der Waals surface area contributed by atoms with Crippen LogP contribution in [0.1, 0.15) is 30.9 Å². The topological polar surface area (TPSA) is 63.4 Å². The lowest BCUT2D eigenvalue weighted by molar-refractivity contribution is 0.357. The van der Waals surface area contributed by atoms with E-state index in [2.05, 4.69) is 0 Å². The molecule has 1 saturated carbocycles. The van der Waals surface area contributed by atoms with E-state index in [0.29, 0.717) is 16.5 Å².